The van der Waals surface area contributed by atoms with E-state index in [9.17, 15) is 14.0 Å². The van der Waals surface area contributed by atoms with Crippen molar-refractivity contribution < 1.29 is 18.7 Å². The van der Waals surface area contributed by atoms with E-state index in [-0.39, 0.29) is 12.2 Å². The molecule has 3 aromatic rings. The number of aromatic nitrogens is 1. The zero-order valence-corrected chi connectivity index (χ0v) is 18.3. The molecule has 0 spiro atoms. The molecule has 0 fully saturated rings. The first kappa shape index (κ1) is 22.9. The zero-order chi connectivity index (χ0) is 23.1. The van der Waals surface area contributed by atoms with Crippen molar-refractivity contribution in [2.45, 2.75) is 38.8 Å². The van der Waals surface area contributed by atoms with Crippen molar-refractivity contribution in [2.75, 3.05) is 5.32 Å². The van der Waals surface area contributed by atoms with Gasteiger partial charge >= 0.3 is 6.09 Å². The highest BCUT2D eigenvalue weighted by Crippen LogP contribution is 2.22. The third kappa shape index (κ3) is 6.91. The number of rotatable bonds is 6. The second-order valence-electron chi connectivity index (χ2n) is 8.34. The quantitative estimate of drug-likeness (QED) is 0.573. The second-order valence-corrected chi connectivity index (χ2v) is 8.34. The maximum absolute atomic E-state index is 13.3. The van der Waals surface area contributed by atoms with Gasteiger partial charge in [-0.1, -0.05) is 24.3 Å². The van der Waals surface area contributed by atoms with Gasteiger partial charge in [0.1, 0.15) is 17.5 Å². The van der Waals surface area contributed by atoms with E-state index < -0.39 is 23.6 Å². The van der Waals surface area contributed by atoms with E-state index in [1.807, 2.05) is 30.3 Å². The van der Waals surface area contributed by atoms with Crippen molar-refractivity contribution in [3.8, 4) is 11.1 Å². The molecule has 0 radical (unpaired) electrons. The van der Waals surface area contributed by atoms with Crippen molar-refractivity contribution in [2.24, 2.45) is 0 Å². The molecule has 7 heteroatoms. The number of anilines is 1. The maximum Gasteiger partial charge on any atom is 0.408 e. The van der Waals surface area contributed by atoms with Gasteiger partial charge in [-0.05, 0) is 73.9 Å². The van der Waals surface area contributed by atoms with Crippen molar-refractivity contribution in [1.82, 2.24) is 10.3 Å². The van der Waals surface area contributed by atoms with Crippen LogP contribution in [0.15, 0.2) is 73.1 Å². The lowest BCUT2D eigenvalue weighted by Crippen LogP contribution is -2.47. The molecule has 0 saturated heterocycles. The Labute approximate surface area is 186 Å². The van der Waals surface area contributed by atoms with Gasteiger partial charge in [-0.3, -0.25) is 9.78 Å². The summed E-state index contributed by atoms with van der Waals surface area (Å²) in [7, 11) is 0. The summed E-state index contributed by atoms with van der Waals surface area (Å²) in [5, 5.41) is 5.48. The Balaban J connectivity index is 1.78. The predicted molar refractivity (Wildman–Crippen MR) is 122 cm³/mol. The predicted octanol–water partition coefficient (Wildman–Crippen LogP) is 4.96. The molecule has 1 aromatic heterocycles. The fraction of sp³-hybridized carbons (Fsp3) is 0.240. The number of hydrogen-bond acceptors (Lipinski definition) is 4. The van der Waals surface area contributed by atoms with Gasteiger partial charge in [0.15, 0.2) is 0 Å². The van der Waals surface area contributed by atoms with Gasteiger partial charge in [-0.15, -0.1) is 0 Å². The third-order valence-corrected chi connectivity index (χ3v) is 4.50. The van der Waals surface area contributed by atoms with E-state index in [2.05, 4.69) is 15.6 Å². The van der Waals surface area contributed by atoms with Gasteiger partial charge in [0.05, 0.1) is 0 Å². The van der Waals surface area contributed by atoms with Gasteiger partial charge < -0.3 is 15.4 Å². The number of benzene rings is 2. The van der Waals surface area contributed by atoms with E-state index >= 15 is 0 Å². The Morgan fingerprint density at radius 1 is 1.00 bits per heavy atom. The Morgan fingerprint density at radius 3 is 2.34 bits per heavy atom. The number of nitrogens with one attached hydrogen (secondary N) is 2. The number of nitrogens with zero attached hydrogens (tertiary/aromatic N) is 1. The lowest BCUT2D eigenvalue weighted by atomic mass is 10.0. The van der Waals surface area contributed by atoms with Crippen molar-refractivity contribution in [3.05, 3.63) is 84.4 Å². The van der Waals surface area contributed by atoms with E-state index in [1.165, 1.54) is 12.1 Å². The summed E-state index contributed by atoms with van der Waals surface area (Å²) in [6, 6.07) is 16.0. The molecule has 1 unspecified atom stereocenters. The van der Waals surface area contributed by atoms with E-state index in [4.69, 9.17) is 4.74 Å². The molecule has 6 nitrogen and oxygen atoms in total. The van der Waals surface area contributed by atoms with Crippen LogP contribution >= 0.6 is 0 Å². The first-order valence-corrected chi connectivity index (χ1v) is 10.2. The summed E-state index contributed by atoms with van der Waals surface area (Å²) in [5.41, 5.74) is 2.46. The van der Waals surface area contributed by atoms with Gasteiger partial charge in [0.25, 0.3) is 0 Å². The molecule has 32 heavy (non-hydrogen) atoms. The topological polar surface area (TPSA) is 80.3 Å². The number of carbonyl (C=O) groups is 2. The summed E-state index contributed by atoms with van der Waals surface area (Å²) >= 11 is 0. The smallest absolute Gasteiger partial charge is 0.408 e. The van der Waals surface area contributed by atoms with Gasteiger partial charge in [-0.25, -0.2) is 9.18 Å². The lowest BCUT2D eigenvalue weighted by molar-refractivity contribution is -0.118. The number of hydrogen-bond donors (Lipinski definition) is 2. The second kappa shape index (κ2) is 10.0. The molecule has 0 bridgehead atoms. The van der Waals surface area contributed by atoms with Crippen LogP contribution in [0.25, 0.3) is 11.1 Å². The lowest BCUT2D eigenvalue weighted by Gasteiger charge is -2.23. The molecular formula is C25H26FN3O3. The van der Waals surface area contributed by atoms with Crippen LogP contribution in [0.4, 0.5) is 14.9 Å². The SMILES string of the molecule is CC(C)(C)OC(=O)NC(Cc1ccc(F)cc1)C(=O)Nc1cccc(-c2ccncc2)c1. The monoisotopic (exact) mass is 435 g/mol. The third-order valence-electron chi connectivity index (χ3n) is 4.50. The highest BCUT2D eigenvalue weighted by Gasteiger charge is 2.25. The molecule has 166 valence electrons. The molecule has 0 aliphatic carbocycles. The summed E-state index contributed by atoms with van der Waals surface area (Å²) in [4.78, 5) is 29.4. The summed E-state index contributed by atoms with van der Waals surface area (Å²) in [6.45, 7) is 5.23. The number of amides is 2. The highest BCUT2D eigenvalue weighted by atomic mass is 19.1. The van der Waals surface area contributed by atoms with E-state index in [1.54, 1.807) is 51.4 Å². The molecular weight excluding hydrogens is 409 g/mol. The minimum absolute atomic E-state index is 0.176. The van der Waals surface area contributed by atoms with Crippen LogP contribution in [0, 0.1) is 5.82 Å². The molecule has 1 heterocycles. The Kier molecular flexibility index (Phi) is 7.20. The van der Waals surface area contributed by atoms with Crippen molar-refractivity contribution >= 4 is 17.7 Å². The molecule has 0 aliphatic heterocycles. The fourth-order valence-electron chi connectivity index (χ4n) is 3.07. The Hall–Kier alpha value is -3.74. The van der Waals surface area contributed by atoms with Crippen LogP contribution in [0.2, 0.25) is 0 Å². The molecule has 1 atom stereocenters. The van der Waals surface area contributed by atoms with Crippen LogP contribution in [-0.4, -0.2) is 28.6 Å². The number of ether oxygens (including phenoxy) is 1. The first-order chi connectivity index (χ1) is 15.2. The Morgan fingerprint density at radius 2 is 1.69 bits per heavy atom. The minimum atomic E-state index is -0.917. The molecule has 2 amide bonds. The number of carbonyl (C=O) groups excluding carboxylic acids is 2. The average molecular weight is 435 g/mol. The van der Waals surface area contributed by atoms with Crippen LogP contribution in [0.1, 0.15) is 26.3 Å². The molecule has 0 saturated carbocycles. The summed E-state index contributed by atoms with van der Waals surface area (Å²) in [6.07, 6.45) is 2.87. The molecule has 3 rings (SSSR count). The summed E-state index contributed by atoms with van der Waals surface area (Å²) < 4.78 is 18.6. The summed E-state index contributed by atoms with van der Waals surface area (Å²) in [5.74, 6) is -0.783. The van der Waals surface area contributed by atoms with Crippen molar-refractivity contribution in [3.63, 3.8) is 0 Å². The standard InChI is InChI=1S/C25H26FN3O3/c1-25(2,3)32-24(31)29-22(15-17-7-9-20(26)10-8-17)23(30)28-21-6-4-5-19(16-21)18-11-13-27-14-12-18/h4-14,16,22H,15H2,1-3H3,(H,28,30)(H,29,31). The molecule has 2 aromatic carbocycles. The van der Waals surface area contributed by atoms with Gasteiger partial charge in [0.2, 0.25) is 5.91 Å². The van der Waals surface area contributed by atoms with Crippen LogP contribution in [0.5, 0.6) is 0 Å². The van der Waals surface area contributed by atoms with Gasteiger partial charge in [0, 0.05) is 24.5 Å². The largest absolute Gasteiger partial charge is 0.444 e. The normalized spacial score (nSPS) is 12.0. The Bertz CT molecular complexity index is 1060. The number of pyridine rings is 1. The van der Waals surface area contributed by atoms with E-state index in [0.717, 1.165) is 11.1 Å². The molecule has 0 aliphatic rings. The highest BCUT2D eigenvalue weighted by molar-refractivity contribution is 5.97. The van der Waals surface area contributed by atoms with Crippen LogP contribution in [-0.2, 0) is 16.0 Å². The van der Waals surface area contributed by atoms with E-state index in [0.29, 0.717) is 11.3 Å². The molecule has 2 N–H and O–H groups in total. The fourth-order valence-corrected chi connectivity index (χ4v) is 3.07. The van der Waals surface area contributed by atoms with Crippen LogP contribution < -0.4 is 10.6 Å². The average Bonchev–Trinajstić information content (AvgIpc) is 2.74. The maximum atomic E-state index is 13.3. The van der Waals surface area contributed by atoms with Crippen molar-refractivity contribution in [1.29, 1.82) is 0 Å². The zero-order valence-electron chi connectivity index (χ0n) is 18.3. The van der Waals surface area contributed by atoms with Crippen LogP contribution in [0.3, 0.4) is 0 Å². The number of halogens is 1. The van der Waals surface area contributed by atoms with Gasteiger partial charge in [-0.2, -0.15) is 0 Å². The number of alkyl carbamates (subject to hydrolysis) is 1. The minimum Gasteiger partial charge on any atom is -0.444 e. The first-order valence-electron chi connectivity index (χ1n) is 10.2.